The lowest BCUT2D eigenvalue weighted by atomic mass is 10.2. The van der Waals surface area contributed by atoms with Gasteiger partial charge in [0.1, 0.15) is 0 Å². The van der Waals surface area contributed by atoms with E-state index >= 15 is 0 Å². The monoisotopic (exact) mass is 365 g/mol. The number of carbonyl (C=O) groups excluding carboxylic acids is 1. The first-order valence-electron chi connectivity index (χ1n) is 8.05. The first-order chi connectivity index (χ1) is 12.5. The lowest BCUT2D eigenvalue weighted by Gasteiger charge is -2.06. The van der Waals surface area contributed by atoms with E-state index in [2.05, 4.69) is 20.4 Å². The number of hydrazone groups is 1. The standard InChI is InChI=1S/C19H19N5OS/c1-11-8-9-15-16(10-11)26-19(22-15)23-18(25)17(24-20)13(3)21-14-7-5-4-6-12(14)2/h4-10H,20H2,1-3H3,(H,22,23,25). The van der Waals surface area contributed by atoms with Crippen LogP contribution < -0.4 is 11.2 Å². The molecule has 3 aromatic rings. The van der Waals surface area contributed by atoms with E-state index < -0.39 is 5.91 Å². The predicted octanol–water partition coefficient (Wildman–Crippen LogP) is 3.96. The first kappa shape index (κ1) is 17.8. The van der Waals surface area contributed by atoms with Gasteiger partial charge in [0.25, 0.3) is 5.91 Å². The second kappa shape index (κ2) is 7.45. The molecule has 0 atom stereocenters. The molecule has 0 bridgehead atoms. The first-order valence-corrected chi connectivity index (χ1v) is 8.87. The molecule has 132 valence electrons. The smallest absolute Gasteiger partial charge is 0.279 e. The molecule has 3 rings (SSSR count). The molecule has 3 N–H and O–H groups in total. The van der Waals surface area contributed by atoms with Crippen molar-refractivity contribution >= 4 is 49.7 Å². The zero-order chi connectivity index (χ0) is 18.7. The van der Waals surface area contributed by atoms with Gasteiger partial charge in [-0.15, -0.1) is 0 Å². The van der Waals surface area contributed by atoms with Gasteiger partial charge in [-0.2, -0.15) is 5.10 Å². The average Bonchev–Trinajstić information content (AvgIpc) is 2.98. The summed E-state index contributed by atoms with van der Waals surface area (Å²) in [6.45, 7) is 5.68. The maximum absolute atomic E-state index is 12.6. The van der Waals surface area contributed by atoms with E-state index in [-0.39, 0.29) is 5.71 Å². The normalized spacial score (nSPS) is 12.4. The summed E-state index contributed by atoms with van der Waals surface area (Å²) in [7, 11) is 0. The Hall–Kier alpha value is -3.06. The van der Waals surface area contributed by atoms with Crippen molar-refractivity contribution in [2.75, 3.05) is 5.32 Å². The molecule has 0 aliphatic heterocycles. The number of aryl methyl sites for hydroxylation is 2. The van der Waals surface area contributed by atoms with Gasteiger partial charge in [0.15, 0.2) is 10.8 Å². The number of nitrogens with one attached hydrogen (secondary N) is 1. The minimum Gasteiger partial charge on any atom is -0.322 e. The van der Waals surface area contributed by atoms with Crippen LogP contribution in [0.5, 0.6) is 0 Å². The fourth-order valence-electron chi connectivity index (χ4n) is 2.48. The molecule has 0 radical (unpaired) electrons. The van der Waals surface area contributed by atoms with Crippen LogP contribution in [0.25, 0.3) is 10.2 Å². The van der Waals surface area contributed by atoms with E-state index in [1.54, 1.807) is 6.92 Å². The van der Waals surface area contributed by atoms with Gasteiger partial charge in [-0.05, 0) is 50.1 Å². The summed E-state index contributed by atoms with van der Waals surface area (Å²) in [6.07, 6.45) is 0. The molecule has 26 heavy (non-hydrogen) atoms. The number of nitrogens with zero attached hydrogens (tertiary/aromatic N) is 3. The van der Waals surface area contributed by atoms with Crippen LogP contribution >= 0.6 is 11.3 Å². The van der Waals surface area contributed by atoms with Gasteiger partial charge in [0.2, 0.25) is 0 Å². The number of rotatable bonds is 4. The SMILES string of the molecule is CC(=Nc1ccccc1C)C(=NN)C(=O)Nc1nc2ccc(C)cc2s1. The highest BCUT2D eigenvalue weighted by Crippen LogP contribution is 2.26. The Balaban J connectivity index is 1.83. The Morgan fingerprint density at radius 1 is 1.19 bits per heavy atom. The number of hydrogen-bond acceptors (Lipinski definition) is 6. The molecular weight excluding hydrogens is 346 g/mol. The maximum Gasteiger partial charge on any atom is 0.279 e. The Morgan fingerprint density at radius 3 is 2.69 bits per heavy atom. The number of aromatic nitrogens is 1. The second-order valence-corrected chi connectivity index (χ2v) is 6.94. The Labute approximate surface area is 155 Å². The van der Waals surface area contributed by atoms with Crippen LogP contribution in [0.15, 0.2) is 52.6 Å². The number of carbonyl (C=O) groups is 1. The summed E-state index contributed by atoms with van der Waals surface area (Å²) in [5.74, 6) is 5.01. The molecule has 1 aromatic heterocycles. The maximum atomic E-state index is 12.6. The van der Waals surface area contributed by atoms with Crippen molar-refractivity contribution in [2.45, 2.75) is 20.8 Å². The fourth-order valence-corrected chi connectivity index (χ4v) is 3.44. The summed E-state index contributed by atoms with van der Waals surface area (Å²) in [4.78, 5) is 21.5. The Kier molecular flexibility index (Phi) is 5.09. The number of amides is 1. The summed E-state index contributed by atoms with van der Waals surface area (Å²) >= 11 is 1.41. The number of anilines is 1. The van der Waals surface area contributed by atoms with Crippen molar-refractivity contribution in [3.8, 4) is 0 Å². The molecule has 0 saturated carbocycles. The molecule has 1 heterocycles. The van der Waals surface area contributed by atoms with Crippen LogP contribution in [0, 0.1) is 13.8 Å². The van der Waals surface area contributed by atoms with Crippen LogP contribution in [-0.2, 0) is 4.79 Å². The number of nitrogens with two attached hydrogens (primary N) is 1. The van der Waals surface area contributed by atoms with E-state index in [1.807, 2.05) is 56.3 Å². The van der Waals surface area contributed by atoms with E-state index in [4.69, 9.17) is 5.84 Å². The minimum atomic E-state index is -0.432. The van der Waals surface area contributed by atoms with Crippen molar-refractivity contribution in [1.29, 1.82) is 0 Å². The molecule has 0 unspecified atom stereocenters. The topological polar surface area (TPSA) is 92.7 Å². The molecule has 0 spiro atoms. The van der Waals surface area contributed by atoms with Gasteiger partial charge >= 0.3 is 0 Å². The lowest BCUT2D eigenvalue weighted by molar-refractivity contribution is -0.110. The third kappa shape index (κ3) is 3.78. The third-order valence-electron chi connectivity index (χ3n) is 3.85. The van der Waals surface area contributed by atoms with Crippen molar-refractivity contribution in [1.82, 2.24) is 4.98 Å². The zero-order valence-electron chi connectivity index (χ0n) is 14.8. The highest BCUT2D eigenvalue weighted by molar-refractivity contribution is 7.22. The zero-order valence-corrected chi connectivity index (χ0v) is 15.6. The molecule has 0 fully saturated rings. The van der Waals surface area contributed by atoms with Gasteiger partial charge in [-0.1, -0.05) is 35.6 Å². The molecule has 0 aliphatic rings. The Bertz CT molecular complexity index is 1040. The highest BCUT2D eigenvalue weighted by Gasteiger charge is 2.17. The van der Waals surface area contributed by atoms with Gasteiger partial charge < -0.3 is 5.84 Å². The summed E-state index contributed by atoms with van der Waals surface area (Å²) < 4.78 is 1.01. The molecule has 7 heteroatoms. The van der Waals surface area contributed by atoms with Gasteiger partial charge in [-0.3, -0.25) is 15.1 Å². The number of hydrogen-bond donors (Lipinski definition) is 2. The number of aliphatic imine (C=N–C) groups is 1. The van der Waals surface area contributed by atoms with Crippen molar-refractivity contribution < 1.29 is 4.79 Å². The number of benzene rings is 2. The number of para-hydroxylation sites is 1. The van der Waals surface area contributed by atoms with Gasteiger partial charge in [-0.25, -0.2) is 4.98 Å². The summed E-state index contributed by atoms with van der Waals surface area (Å²) in [5.41, 5.74) is 4.27. The van der Waals surface area contributed by atoms with Crippen molar-refractivity contribution in [3.63, 3.8) is 0 Å². The quantitative estimate of drug-likeness (QED) is 0.416. The van der Waals surface area contributed by atoms with Gasteiger partial charge in [0.05, 0.1) is 21.6 Å². The molecule has 1 amide bonds. The highest BCUT2D eigenvalue weighted by atomic mass is 32.1. The lowest BCUT2D eigenvalue weighted by Crippen LogP contribution is -2.29. The fraction of sp³-hybridized carbons (Fsp3) is 0.158. The van der Waals surface area contributed by atoms with Crippen LogP contribution in [-0.4, -0.2) is 22.3 Å². The van der Waals surface area contributed by atoms with Gasteiger partial charge in [0, 0.05) is 0 Å². The molecule has 0 saturated heterocycles. The van der Waals surface area contributed by atoms with Crippen LogP contribution in [0.4, 0.5) is 10.8 Å². The number of thiazole rings is 1. The largest absolute Gasteiger partial charge is 0.322 e. The van der Waals surface area contributed by atoms with E-state index in [0.29, 0.717) is 10.8 Å². The van der Waals surface area contributed by atoms with Crippen LogP contribution in [0.3, 0.4) is 0 Å². The molecular formula is C19H19N5OS. The van der Waals surface area contributed by atoms with E-state index in [9.17, 15) is 4.79 Å². The van der Waals surface area contributed by atoms with Crippen molar-refractivity contribution in [2.24, 2.45) is 15.9 Å². The van der Waals surface area contributed by atoms with E-state index in [0.717, 1.165) is 27.0 Å². The van der Waals surface area contributed by atoms with E-state index in [1.165, 1.54) is 11.3 Å². The van der Waals surface area contributed by atoms with Crippen LogP contribution in [0.2, 0.25) is 0 Å². The molecule has 2 aromatic carbocycles. The average molecular weight is 365 g/mol. The minimum absolute atomic E-state index is 0.0729. The predicted molar refractivity (Wildman–Crippen MR) is 109 cm³/mol. The molecule has 6 nitrogen and oxygen atoms in total. The third-order valence-corrected chi connectivity index (χ3v) is 4.79. The van der Waals surface area contributed by atoms with Crippen molar-refractivity contribution in [3.05, 3.63) is 53.6 Å². The number of fused-ring (bicyclic) bond motifs is 1. The summed E-state index contributed by atoms with van der Waals surface area (Å²) in [5, 5.41) is 6.89. The second-order valence-electron chi connectivity index (χ2n) is 5.91. The van der Waals surface area contributed by atoms with Crippen LogP contribution in [0.1, 0.15) is 18.1 Å². The Morgan fingerprint density at radius 2 is 1.96 bits per heavy atom. The summed E-state index contributed by atoms with van der Waals surface area (Å²) in [6, 6.07) is 13.6. The molecule has 0 aliphatic carbocycles.